The Bertz CT molecular complexity index is 1240. The summed E-state index contributed by atoms with van der Waals surface area (Å²) in [6, 6.07) is 4.29. The van der Waals surface area contributed by atoms with E-state index in [2.05, 4.69) is 29.4 Å². The Morgan fingerprint density at radius 3 is 2.97 bits per heavy atom. The van der Waals surface area contributed by atoms with E-state index < -0.39 is 0 Å². The zero-order chi connectivity index (χ0) is 19.6. The lowest BCUT2D eigenvalue weighted by atomic mass is 9.88. The highest BCUT2D eigenvalue weighted by molar-refractivity contribution is 7.18. The lowest BCUT2D eigenvalue weighted by Crippen LogP contribution is -2.40. The van der Waals surface area contributed by atoms with E-state index in [0.717, 1.165) is 57.5 Å². The second-order valence-corrected chi connectivity index (χ2v) is 9.91. The highest BCUT2D eigenvalue weighted by Crippen LogP contribution is 2.45. The maximum atomic E-state index is 4.90. The van der Waals surface area contributed by atoms with Gasteiger partial charge in [-0.2, -0.15) is 5.10 Å². The Balaban J connectivity index is 1.31. The van der Waals surface area contributed by atoms with E-state index in [-0.39, 0.29) is 0 Å². The van der Waals surface area contributed by atoms with Crippen LogP contribution in [0.15, 0.2) is 24.5 Å². The maximum Gasteiger partial charge on any atom is 0.156 e. The lowest BCUT2D eigenvalue weighted by Gasteiger charge is -2.30. The molecular weight excluding hydrogens is 380 g/mol. The van der Waals surface area contributed by atoms with Crippen LogP contribution in [0.4, 0.5) is 0 Å². The normalized spacial score (nSPS) is 20.7. The molecule has 29 heavy (non-hydrogen) atoms. The van der Waals surface area contributed by atoms with Crippen molar-refractivity contribution in [2.24, 2.45) is 5.92 Å². The van der Waals surface area contributed by atoms with Crippen molar-refractivity contribution >= 4 is 27.3 Å². The van der Waals surface area contributed by atoms with Gasteiger partial charge in [0.15, 0.2) is 5.65 Å². The van der Waals surface area contributed by atoms with Gasteiger partial charge in [0.05, 0.1) is 18.1 Å². The molecule has 1 saturated heterocycles. The number of imidazole rings is 1. The van der Waals surface area contributed by atoms with E-state index in [4.69, 9.17) is 15.1 Å². The van der Waals surface area contributed by atoms with Gasteiger partial charge in [0.1, 0.15) is 21.7 Å². The Morgan fingerprint density at radius 1 is 1.21 bits per heavy atom. The average Bonchev–Trinajstić information content (AvgIpc) is 3.13. The quantitative estimate of drug-likeness (QED) is 0.557. The van der Waals surface area contributed by atoms with E-state index >= 15 is 0 Å². The van der Waals surface area contributed by atoms with Gasteiger partial charge in [-0.15, -0.1) is 11.3 Å². The molecular formula is C22H24N6S. The number of piperidine rings is 1. The molecule has 6 nitrogen and oxygen atoms in total. The number of nitrogens with zero attached hydrogens (tertiary/aromatic N) is 5. The first-order valence-electron chi connectivity index (χ1n) is 10.4. The van der Waals surface area contributed by atoms with Crippen LogP contribution in [0.3, 0.4) is 0 Å². The highest BCUT2D eigenvalue weighted by Gasteiger charge is 2.45. The van der Waals surface area contributed by atoms with Crippen LogP contribution in [0.25, 0.3) is 27.4 Å². The Kier molecular flexibility index (Phi) is 3.80. The third-order valence-corrected chi connectivity index (χ3v) is 7.40. The van der Waals surface area contributed by atoms with Crippen molar-refractivity contribution in [2.75, 3.05) is 6.54 Å². The molecule has 148 valence electrons. The first-order chi connectivity index (χ1) is 14.1. The first-order valence-corrected chi connectivity index (χ1v) is 11.2. The minimum atomic E-state index is 0.483. The van der Waals surface area contributed by atoms with Gasteiger partial charge in [0, 0.05) is 10.4 Å². The van der Waals surface area contributed by atoms with E-state index in [1.165, 1.54) is 30.6 Å². The summed E-state index contributed by atoms with van der Waals surface area (Å²) in [5, 5.41) is 8.43. The monoisotopic (exact) mass is 404 g/mol. The summed E-state index contributed by atoms with van der Waals surface area (Å²) in [4.78, 5) is 16.5. The topological polar surface area (TPSA) is 68.0 Å². The van der Waals surface area contributed by atoms with E-state index in [0.29, 0.717) is 5.54 Å². The molecule has 4 aromatic heterocycles. The third-order valence-electron chi connectivity index (χ3n) is 6.36. The molecule has 2 aliphatic rings. The Morgan fingerprint density at radius 2 is 2.10 bits per heavy atom. The van der Waals surface area contributed by atoms with E-state index in [1.54, 1.807) is 11.3 Å². The van der Waals surface area contributed by atoms with Crippen molar-refractivity contribution in [3.05, 3.63) is 40.7 Å². The van der Waals surface area contributed by atoms with Crippen LogP contribution in [-0.4, -0.2) is 36.6 Å². The fourth-order valence-corrected chi connectivity index (χ4v) is 5.81. The van der Waals surface area contributed by atoms with Gasteiger partial charge in [0.25, 0.3) is 0 Å². The molecule has 0 aromatic carbocycles. The molecule has 2 fully saturated rings. The maximum absolute atomic E-state index is 4.90. The zero-order valence-corrected chi connectivity index (χ0v) is 17.6. The fourth-order valence-electron chi connectivity index (χ4n) is 4.71. The molecule has 7 heteroatoms. The number of fused-ring (bicyclic) bond motifs is 2. The summed E-state index contributed by atoms with van der Waals surface area (Å²) in [5.74, 6) is 0.780. The third kappa shape index (κ3) is 3.13. The molecule has 1 spiro atoms. The summed E-state index contributed by atoms with van der Waals surface area (Å²) in [6.07, 6.45) is 10.3. The van der Waals surface area contributed by atoms with Gasteiger partial charge in [-0.05, 0) is 76.1 Å². The number of hydrogen-bond acceptors (Lipinski definition) is 6. The molecule has 0 amide bonds. The minimum absolute atomic E-state index is 0.483. The van der Waals surface area contributed by atoms with Crippen LogP contribution in [-0.2, 0) is 6.42 Å². The molecule has 1 unspecified atom stereocenters. The Hall–Kier alpha value is -2.38. The van der Waals surface area contributed by atoms with Crippen LogP contribution in [0, 0.1) is 19.8 Å². The summed E-state index contributed by atoms with van der Waals surface area (Å²) < 4.78 is 1.84. The van der Waals surface area contributed by atoms with Crippen molar-refractivity contribution in [1.29, 1.82) is 0 Å². The number of rotatable bonds is 3. The van der Waals surface area contributed by atoms with Crippen molar-refractivity contribution in [2.45, 2.75) is 51.5 Å². The van der Waals surface area contributed by atoms with Gasteiger partial charge >= 0.3 is 0 Å². The first kappa shape index (κ1) is 17.5. The van der Waals surface area contributed by atoms with Crippen molar-refractivity contribution in [3.8, 4) is 11.4 Å². The molecule has 5 heterocycles. The number of nitrogens with one attached hydrogen (secondary N) is 1. The molecule has 1 N–H and O–H groups in total. The van der Waals surface area contributed by atoms with E-state index in [9.17, 15) is 0 Å². The molecule has 4 aromatic rings. The molecule has 0 radical (unpaired) electrons. The second-order valence-electron chi connectivity index (χ2n) is 8.79. The number of thiophene rings is 1. The molecule has 6 rings (SSSR count). The standard InChI is InChI=1S/C22H24N6S/c1-13-7-17(27-28-12-14(2)25-20(13)28)19-11-23-18-9-16(29-21(18)26-19)8-15-3-6-24-22(10-15)4-5-22/h7,9,11-12,15,24H,3-6,8,10H2,1-2H3. The summed E-state index contributed by atoms with van der Waals surface area (Å²) in [5.41, 5.74) is 6.10. The molecule has 1 aliphatic heterocycles. The van der Waals surface area contributed by atoms with Gasteiger partial charge in [-0.25, -0.2) is 14.5 Å². The molecule has 1 atom stereocenters. The predicted molar refractivity (Wildman–Crippen MR) is 115 cm³/mol. The Labute approximate surface area is 173 Å². The second kappa shape index (κ2) is 6.31. The highest BCUT2D eigenvalue weighted by atomic mass is 32.1. The minimum Gasteiger partial charge on any atom is -0.311 e. The molecule has 0 bridgehead atoms. The number of aryl methyl sites for hydroxylation is 2. The van der Waals surface area contributed by atoms with Crippen LogP contribution < -0.4 is 5.32 Å². The fraction of sp³-hybridized carbons (Fsp3) is 0.455. The predicted octanol–water partition coefficient (Wildman–Crippen LogP) is 4.09. The summed E-state index contributed by atoms with van der Waals surface area (Å²) in [6.45, 7) is 5.21. The average molecular weight is 405 g/mol. The van der Waals surface area contributed by atoms with Crippen molar-refractivity contribution in [1.82, 2.24) is 29.9 Å². The van der Waals surface area contributed by atoms with Crippen molar-refractivity contribution in [3.63, 3.8) is 0 Å². The van der Waals surface area contributed by atoms with E-state index in [1.807, 2.05) is 23.8 Å². The van der Waals surface area contributed by atoms with Gasteiger partial charge in [-0.1, -0.05) is 0 Å². The van der Waals surface area contributed by atoms with Crippen molar-refractivity contribution < 1.29 is 0 Å². The van der Waals surface area contributed by atoms with Crippen LogP contribution in [0.5, 0.6) is 0 Å². The smallest absolute Gasteiger partial charge is 0.156 e. The summed E-state index contributed by atoms with van der Waals surface area (Å²) >= 11 is 1.79. The SMILES string of the molecule is Cc1cn2nc(-c3cnc4cc(CC5CCNC6(CC6)C5)sc4n3)cc(C)c2n1. The van der Waals surface area contributed by atoms with Gasteiger partial charge in [-0.3, -0.25) is 4.98 Å². The van der Waals surface area contributed by atoms with Crippen LogP contribution >= 0.6 is 11.3 Å². The zero-order valence-electron chi connectivity index (χ0n) is 16.8. The number of aromatic nitrogens is 5. The molecule has 1 aliphatic carbocycles. The van der Waals surface area contributed by atoms with Crippen LogP contribution in [0.2, 0.25) is 0 Å². The van der Waals surface area contributed by atoms with Gasteiger partial charge < -0.3 is 5.32 Å². The summed E-state index contributed by atoms with van der Waals surface area (Å²) in [7, 11) is 0. The van der Waals surface area contributed by atoms with Gasteiger partial charge in [0.2, 0.25) is 0 Å². The lowest BCUT2D eigenvalue weighted by molar-refractivity contribution is 0.287. The molecule has 1 saturated carbocycles. The largest absolute Gasteiger partial charge is 0.311 e. The van der Waals surface area contributed by atoms with Crippen LogP contribution in [0.1, 0.15) is 41.8 Å². The number of hydrogen-bond donors (Lipinski definition) is 1.